The van der Waals surface area contributed by atoms with Crippen molar-refractivity contribution in [2.45, 2.75) is 11.7 Å². The Morgan fingerprint density at radius 2 is 2.11 bits per heavy atom. The number of hydrogen-bond donors (Lipinski definition) is 1. The fourth-order valence-electron chi connectivity index (χ4n) is 1.65. The van der Waals surface area contributed by atoms with Gasteiger partial charge in [0.15, 0.2) is 5.11 Å². The van der Waals surface area contributed by atoms with Crippen molar-refractivity contribution in [3.8, 4) is 0 Å². The van der Waals surface area contributed by atoms with E-state index in [1.54, 1.807) is 0 Å². The minimum atomic E-state index is -0.288. The lowest BCUT2D eigenvalue weighted by Gasteiger charge is -2.29. The highest BCUT2D eigenvalue weighted by Gasteiger charge is 2.30. The van der Waals surface area contributed by atoms with E-state index >= 15 is 0 Å². The number of ether oxygens (including phenoxy) is 1. The van der Waals surface area contributed by atoms with Crippen LogP contribution in [0.2, 0.25) is 0 Å². The number of allylic oxidation sites excluding steroid dienone is 1. The summed E-state index contributed by atoms with van der Waals surface area (Å²) in [5, 5.41) is 3.43. The molecule has 1 amide bonds. The number of morpholine rings is 1. The highest BCUT2D eigenvalue weighted by Crippen LogP contribution is 2.41. The largest absolute Gasteiger partial charge is 0.378 e. The third-order valence-corrected chi connectivity index (χ3v) is 5.17. The monoisotopic (exact) mass is 326 g/mol. The van der Waals surface area contributed by atoms with Gasteiger partial charge in [0.1, 0.15) is 0 Å². The normalized spacial score (nSPS) is 24.3. The molecule has 1 unspecified atom stereocenters. The van der Waals surface area contributed by atoms with Crippen LogP contribution in [0.25, 0.3) is 0 Å². The maximum atomic E-state index is 12.0. The standard InChI is InChI=1S/C10H12Cl2N2O2S2/c11-6-5-7(18-8(6)12)9(15)13-10(17)14-1-3-16-4-2-14/h7H,1-5H2,(H,13,15,17). The van der Waals surface area contributed by atoms with Crippen LogP contribution in [0.4, 0.5) is 0 Å². The van der Waals surface area contributed by atoms with Crippen LogP contribution in [0.15, 0.2) is 9.40 Å². The van der Waals surface area contributed by atoms with Gasteiger partial charge in [-0.05, 0) is 12.2 Å². The summed E-state index contributed by atoms with van der Waals surface area (Å²) < 4.78 is 5.72. The van der Waals surface area contributed by atoms with E-state index in [2.05, 4.69) is 5.32 Å². The van der Waals surface area contributed by atoms with Gasteiger partial charge in [0.25, 0.3) is 0 Å². The Labute approximate surface area is 125 Å². The summed E-state index contributed by atoms with van der Waals surface area (Å²) in [7, 11) is 0. The topological polar surface area (TPSA) is 41.6 Å². The van der Waals surface area contributed by atoms with E-state index in [9.17, 15) is 4.79 Å². The second kappa shape index (κ2) is 6.43. The number of nitrogens with one attached hydrogen (secondary N) is 1. The molecule has 1 N–H and O–H groups in total. The lowest BCUT2D eigenvalue weighted by molar-refractivity contribution is -0.119. The number of nitrogens with zero attached hydrogens (tertiary/aromatic N) is 1. The molecular weight excluding hydrogens is 315 g/mol. The summed E-state index contributed by atoms with van der Waals surface area (Å²) in [6.45, 7) is 2.67. The Morgan fingerprint density at radius 1 is 1.44 bits per heavy atom. The average molecular weight is 327 g/mol. The van der Waals surface area contributed by atoms with E-state index in [-0.39, 0.29) is 11.2 Å². The van der Waals surface area contributed by atoms with Gasteiger partial charge < -0.3 is 15.0 Å². The van der Waals surface area contributed by atoms with Crippen molar-refractivity contribution in [3.63, 3.8) is 0 Å². The quantitative estimate of drug-likeness (QED) is 0.745. The molecule has 0 aliphatic carbocycles. The Balaban J connectivity index is 1.82. The lowest BCUT2D eigenvalue weighted by Crippen LogP contribution is -2.49. The minimum Gasteiger partial charge on any atom is -0.378 e. The lowest BCUT2D eigenvalue weighted by atomic mass is 10.3. The zero-order chi connectivity index (χ0) is 13.1. The molecule has 0 spiro atoms. The first-order valence-electron chi connectivity index (χ1n) is 5.46. The molecule has 2 rings (SSSR count). The predicted octanol–water partition coefficient (Wildman–Crippen LogP) is 1.87. The van der Waals surface area contributed by atoms with E-state index in [4.69, 9.17) is 40.2 Å². The van der Waals surface area contributed by atoms with E-state index in [0.717, 1.165) is 0 Å². The number of thioether (sulfide) groups is 1. The minimum absolute atomic E-state index is 0.148. The van der Waals surface area contributed by atoms with Gasteiger partial charge in [-0.2, -0.15) is 0 Å². The van der Waals surface area contributed by atoms with Crippen molar-refractivity contribution in [2.75, 3.05) is 26.3 Å². The fraction of sp³-hybridized carbons (Fsp3) is 0.600. The zero-order valence-corrected chi connectivity index (χ0v) is 12.6. The van der Waals surface area contributed by atoms with E-state index < -0.39 is 0 Å². The van der Waals surface area contributed by atoms with Crippen molar-refractivity contribution >= 4 is 58.2 Å². The predicted molar refractivity (Wildman–Crippen MR) is 77.9 cm³/mol. The highest BCUT2D eigenvalue weighted by molar-refractivity contribution is 8.06. The first kappa shape index (κ1) is 14.4. The van der Waals surface area contributed by atoms with Gasteiger partial charge in [0.2, 0.25) is 5.91 Å². The van der Waals surface area contributed by atoms with Crippen molar-refractivity contribution < 1.29 is 9.53 Å². The Bertz CT molecular complexity index is 383. The number of amides is 1. The Morgan fingerprint density at radius 3 is 2.67 bits per heavy atom. The molecule has 0 radical (unpaired) electrons. The molecule has 4 nitrogen and oxygen atoms in total. The molecule has 2 aliphatic rings. The molecule has 1 fully saturated rings. The molecule has 0 bridgehead atoms. The Hall–Kier alpha value is -0.0100. The van der Waals surface area contributed by atoms with Crippen LogP contribution in [-0.4, -0.2) is 47.5 Å². The van der Waals surface area contributed by atoms with E-state index in [1.165, 1.54) is 11.8 Å². The highest BCUT2D eigenvalue weighted by atomic mass is 35.5. The molecule has 1 atom stereocenters. The van der Waals surface area contributed by atoms with Crippen LogP contribution >= 0.6 is 47.2 Å². The number of thiocarbonyl (C=S) groups is 1. The molecule has 1 saturated heterocycles. The van der Waals surface area contributed by atoms with Crippen molar-refractivity contribution in [1.29, 1.82) is 0 Å². The van der Waals surface area contributed by atoms with Gasteiger partial charge in [0, 0.05) is 24.5 Å². The molecule has 2 heterocycles. The molecule has 8 heteroatoms. The summed E-state index contributed by atoms with van der Waals surface area (Å²) in [4.78, 5) is 13.9. The molecule has 2 aliphatic heterocycles. The molecule has 0 aromatic heterocycles. The SMILES string of the molecule is O=C(NC(=S)N1CCOCC1)C1CC(Cl)=C(Cl)S1. The maximum Gasteiger partial charge on any atom is 0.240 e. The van der Waals surface area contributed by atoms with Crippen LogP contribution in [0, 0.1) is 0 Å². The van der Waals surface area contributed by atoms with Crippen molar-refractivity contribution in [1.82, 2.24) is 10.2 Å². The van der Waals surface area contributed by atoms with E-state index in [1.807, 2.05) is 4.90 Å². The zero-order valence-electron chi connectivity index (χ0n) is 9.45. The van der Waals surface area contributed by atoms with Gasteiger partial charge in [-0.25, -0.2) is 0 Å². The Kier molecular flexibility index (Phi) is 5.14. The van der Waals surface area contributed by atoms with Crippen molar-refractivity contribution in [2.24, 2.45) is 0 Å². The number of carbonyl (C=O) groups excluding carboxylic acids is 1. The van der Waals surface area contributed by atoms with Gasteiger partial charge >= 0.3 is 0 Å². The van der Waals surface area contributed by atoms with Crippen LogP contribution in [0.5, 0.6) is 0 Å². The summed E-state index contributed by atoms with van der Waals surface area (Å²) in [5.41, 5.74) is 0. The molecule has 0 saturated carbocycles. The average Bonchev–Trinajstić information content (AvgIpc) is 2.71. The van der Waals surface area contributed by atoms with Crippen LogP contribution in [0.1, 0.15) is 6.42 Å². The van der Waals surface area contributed by atoms with Gasteiger partial charge in [-0.1, -0.05) is 35.0 Å². The van der Waals surface area contributed by atoms with Crippen LogP contribution in [-0.2, 0) is 9.53 Å². The summed E-state index contributed by atoms with van der Waals surface area (Å²) in [6, 6.07) is 0. The van der Waals surface area contributed by atoms with Crippen molar-refractivity contribution in [3.05, 3.63) is 9.40 Å². The number of hydrogen-bond acceptors (Lipinski definition) is 4. The van der Waals surface area contributed by atoms with Crippen LogP contribution in [0.3, 0.4) is 0 Å². The third kappa shape index (κ3) is 3.51. The fourth-order valence-corrected chi connectivity index (χ4v) is 3.59. The summed E-state index contributed by atoms with van der Waals surface area (Å²) in [5.74, 6) is -0.148. The molecule has 18 heavy (non-hydrogen) atoms. The second-order valence-corrected chi connectivity index (χ2v) is 6.54. The van der Waals surface area contributed by atoms with Gasteiger partial charge in [0.05, 0.1) is 22.8 Å². The molecule has 100 valence electrons. The van der Waals surface area contributed by atoms with Crippen LogP contribution < -0.4 is 5.32 Å². The maximum absolute atomic E-state index is 12.0. The van der Waals surface area contributed by atoms with Gasteiger partial charge in [-0.3, -0.25) is 4.79 Å². The molecule has 0 aromatic carbocycles. The van der Waals surface area contributed by atoms with E-state index in [0.29, 0.717) is 47.2 Å². The number of rotatable bonds is 1. The summed E-state index contributed by atoms with van der Waals surface area (Å²) >= 11 is 18.2. The molecule has 0 aromatic rings. The number of halogens is 2. The second-order valence-electron chi connectivity index (χ2n) is 3.88. The summed E-state index contributed by atoms with van der Waals surface area (Å²) in [6.07, 6.45) is 0.461. The number of carbonyl (C=O) groups is 1. The smallest absolute Gasteiger partial charge is 0.240 e. The van der Waals surface area contributed by atoms with Gasteiger partial charge in [-0.15, -0.1) is 0 Å². The third-order valence-electron chi connectivity index (χ3n) is 2.64. The molecular formula is C10H12Cl2N2O2S2. The first-order valence-corrected chi connectivity index (χ1v) is 7.50. The first-order chi connectivity index (χ1) is 8.58.